The molecular formula is C11H16N2O2. The number of methoxy groups -OCH3 is 1. The first-order valence-corrected chi connectivity index (χ1v) is 5.17. The van der Waals surface area contributed by atoms with E-state index in [1.807, 2.05) is 12.1 Å². The van der Waals surface area contributed by atoms with Gasteiger partial charge in [0.2, 0.25) is 0 Å². The lowest BCUT2D eigenvalue weighted by Crippen LogP contribution is -2.28. The molecule has 2 atom stereocenters. The molecule has 15 heavy (non-hydrogen) atoms. The van der Waals surface area contributed by atoms with Crippen molar-refractivity contribution in [1.82, 2.24) is 10.3 Å². The fourth-order valence-electron chi connectivity index (χ4n) is 1.72. The number of nitrogens with zero attached hydrogens (tertiary/aromatic N) is 1. The molecule has 4 nitrogen and oxygen atoms in total. The van der Waals surface area contributed by atoms with Crippen molar-refractivity contribution >= 4 is 0 Å². The van der Waals surface area contributed by atoms with Crippen molar-refractivity contribution in [2.24, 2.45) is 0 Å². The molecule has 0 saturated carbocycles. The number of rotatable bonds is 4. The van der Waals surface area contributed by atoms with Gasteiger partial charge < -0.3 is 14.8 Å². The summed E-state index contributed by atoms with van der Waals surface area (Å²) in [5.41, 5.74) is 0. The molecule has 0 bridgehead atoms. The Bertz CT molecular complexity index is 292. The smallest absolute Gasteiger partial charge is 0.137 e. The first-order chi connectivity index (χ1) is 7.38. The van der Waals surface area contributed by atoms with E-state index in [0.29, 0.717) is 18.8 Å². The molecule has 1 aliphatic rings. The molecule has 0 amide bonds. The Kier molecular flexibility index (Phi) is 3.53. The quantitative estimate of drug-likeness (QED) is 0.796. The summed E-state index contributed by atoms with van der Waals surface area (Å²) in [7, 11) is 1.75. The molecule has 1 aromatic rings. The molecule has 2 rings (SSSR count). The van der Waals surface area contributed by atoms with E-state index in [2.05, 4.69) is 10.3 Å². The molecule has 4 heteroatoms. The summed E-state index contributed by atoms with van der Waals surface area (Å²) in [6.07, 6.45) is 4.80. The van der Waals surface area contributed by atoms with Crippen molar-refractivity contribution in [3.05, 3.63) is 24.5 Å². The van der Waals surface area contributed by atoms with E-state index < -0.39 is 0 Å². The molecule has 0 radical (unpaired) electrons. The fraction of sp³-hybridized carbons (Fsp3) is 0.545. The molecule has 0 aromatic carbocycles. The van der Waals surface area contributed by atoms with Crippen LogP contribution in [0.15, 0.2) is 24.5 Å². The van der Waals surface area contributed by atoms with Crippen molar-refractivity contribution in [3.8, 4) is 5.75 Å². The van der Waals surface area contributed by atoms with E-state index in [4.69, 9.17) is 9.47 Å². The van der Waals surface area contributed by atoms with Gasteiger partial charge in [-0.1, -0.05) is 0 Å². The highest BCUT2D eigenvalue weighted by Gasteiger charge is 2.23. The highest BCUT2D eigenvalue weighted by Crippen LogP contribution is 2.12. The van der Waals surface area contributed by atoms with Crippen LogP contribution in [0.5, 0.6) is 5.75 Å². The SMILES string of the molecule is CO[C@@H]1CN[C@@H](COc2cccnc2)C1. The van der Waals surface area contributed by atoms with E-state index in [9.17, 15) is 0 Å². The maximum absolute atomic E-state index is 5.60. The lowest BCUT2D eigenvalue weighted by molar-refractivity contribution is 0.115. The Morgan fingerprint density at radius 1 is 1.60 bits per heavy atom. The topological polar surface area (TPSA) is 43.4 Å². The Hall–Kier alpha value is -1.13. The van der Waals surface area contributed by atoms with Crippen molar-refractivity contribution in [3.63, 3.8) is 0 Å². The minimum atomic E-state index is 0.326. The highest BCUT2D eigenvalue weighted by molar-refractivity contribution is 5.15. The highest BCUT2D eigenvalue weighted by atomic mass is 16.5. The number of pyridine rings is 1. The van der Waals surface area contributed by atoms with Crippen LogP contribution in [0, 0.1) is 0 Å². The van der Waals surface area contributed by atoms with Crippen LogP contribution < -0.4 is 10.1 Å². The summed E-state index contributed by atoms with van der Waals surface area (Å²) in [6.45, 7) is 1.59. The van der Waals surface area contributed by atoms with Gasteiger partial charge in [-0.05, 0) is 18.6 Å². The molecule has 82 valence electrons. The van der Waals surface area contributed by atoms with Gasteiger partial charge in [-0.3, -0.25) is 4.98 Å². The lowest BCUT2D eigenvalue weighted by atomic mass is 10.2. The van der Waals surface area contributed by atoms with Crippen LogP contribution in [0.2, 0.25) is 0 Å². The number of hydrogen-bond acceptors (Lipinski definition) is 4. The monoisotopic (exact) mass is 208 g/mol. The van der Waals surface area contributed by atoms with Crippen LogP contribution in [-0.4, -0.2) is 37.4 Å². The molecule has 0 unspecified atom stereocenters. The molecule has 1 fully saturated rings. The summed E-state index contributed by atoms with van der Waals surface area (Å²) in [5, 5.41) is 3.36. The second-order valence-electron chi connectivity index (χ2n) is 3.70. The molecule has 1 aromatic heterocycles. The average molecular weight is 208 g/mol. The molecule has 1 aliphatic heterocycles. The zero-order valence-electron chi connectivity index (χ0n) is 8.85. The normalized spacial score (nSPS) is 25.4. The molecule has 2 heterocycles. The van der Waals surface area contributed by atoms with Crippen LogP contribution in [-0.2, 0) is 4.74 Å². The predicted molar refractivity (Wildman–Crippen MR) is 56.9 cm³/mol. The number of ether oxygens (including phenoxy) is 2. The van der Waals surface area contributed by atoms with Crippen LogP contribution in [0.1, 0.15) is 6.42 Å². The summed E-state index contributed by atoms with van der Waals surface area (Å²) < 4.78 is 10.9. The van der Waals surface area contributed by atoms with Gasteiger partial charge in [-0.2, -0.15) is 0 Å². The third kappa shape index (κ3) is 2.91. The van der Waals surface area contributed by atoms with Crippen LogP contribution in [0.25, 0.3) is 0 Å². The van der Waals surface area contributed by atoms with E-state index in [0.717, 1.165) is 18.7 Å². The van der Waals surface area contributed by atoms with E-state index in [1.165, 1.54) is 0 Å². The lowest BCUT2D eigenvalue weighted by Gasteiger charge is -2.11. The number of hydrogen-bond donors (Lipinski definition) is 1. The maximum atomic E-state index is 5.60. The minimum absolute atomic E-state index is 0.326. The second kappa shape index (κ2) is 5.09. The van der Waals surface area contributed by atoms with Gasteiger partial charge in [-0.25, -0.2) is 0 Å². The second-order valence-corrected chi connectivity index (χ2v) is 3.70. The number of aromatic nitrogens is 1. The third-order valence-electron chi connectivity index (χ3n) is 2.60. The van der Waals surface area contributed by atoms with Gasteiger partial charge in [0.1, 0.15) is 12.4 Å². The summed E-state index contributed by atoms with van der Waals surface area (Å²) in [6, 6.07) is 4.17. The largest absolute Gasteiger partial charge is 0.490 e. The Balaban J connectivity index is 1.75. The van der Waals surface area contributed by atoms with E-state index in [1.54, 1.807) is 19.5 Å². The summed E-state index contributed by atoms with van der Waals surface area (Å²) >= 11 is 0. The maximum Gasteiger partial charge on any atom is 0.137 e. The van der Waals surface area contributed by atoms with Crippen molar-refractivity contribution in [1.29, 1.82) is 0 Å². The van der Waals surface area contributed by atoms with E-state index >= 15 is 0 Å². The Morgan fingerprint density at radius 3 is 3.20 bits per heavy atom. The van der Waals surface area contributed by atoms with Gasteiger partial charge in [-0.15, -0.1) is 0 Å². The van der Waals surface area contributed by atoms with Gasteiger partial charge >= 0.3 is 0 Å². The predicted octanol–water partition coefficient (Wildman–Crippen LogP) is 0.837. The van der Waals surface area contributed by atoms with Crippen molar-refractivity contribution in [2.45, 2.75) is 18.6 Å². The Labute approximate surface area is 89.6 Å². The molecule has 1 saturated heterocycles. The van der Waals surface area contributed by atoms with Crippen LogP contribution in [0.4, 0.5) is 0 Å². The summed E-state index contributed by atoms with van der Waals surface area (Å²) in [5.74, 6) is 0.820. The minimum Gasteiger partial charge on any atom is -0.490 e. The zero-order chi connectivity index (χ0) is 10.5. The van der Waals surface area contributed by atoms with E-state index in [-0.39, 0.29) is 0 Å². The Morgan fingerprint density at radius 2 is 2.53 bits per heavy atom. The molecule has 1 N–H and O–H groups in total. The van der Waals surface area contributed by atoms with Crippen molar-refractivity contribution < 1.29 is 9.47 Å². The fourth-order valence-corrected chi connectivity index (χ4v) is 1.72. The summed E-state index contributed by atoms with van der Waals surface area (Å²) in [4.78, 5) is 3.99. The van der Waals surface area contributed by atoms with Gasteiger partial charge in [0.05, 0.1) is 12.3 Å². The standard InChI is InChI=1S/C11H16N2O2/c1-14-11-5-9(13-7-11)8-15-10-3-2-4-12-6-10/h2-4,6,9,11,13H,5,7-8H2,1H3/t9-,11+/m1/s1. The average Bonchev–Trinajstić information content (AvgIpc) is 2.76. The zero-order valence-corrected chi connectivity index (χ0v) is 8.85. The van der Waals surface area contributed by atoms with Crippen LogP contribution in [0.3, 0.4) is 0 Å². The number of nitrogens with one attached hydrogen (secondary N) is 1. The molecular weight excluding hydrogens is 192 g/mol. The van der Waals surface area contributed by atoms with Gasteiger partial charge in [0.15, 0.2) is 0 Å². The third-order valence-corrected chi connectivity index (χ3v) is 2.60. The molecule has 0 spiro atoms. The first kappa shape index (κ1) is 10.4. The van der Waals surface area contributed by atoms with Gasteiger partial charge in [0, 0.05) is 25.9 Å². The molecule has 0 aliphatic carbocycles. The van der Waals surface area contributed by atoms with Crippen LogP contribution >= 0.6 is 0 Å². The van der Waals surface area contributed by atoms with Crippen molar-refractivity contribution in [2.75, 3.05) is 20.3 Å². The first-order valence-electron chi connectivity index (χ1n) is 5.17. The van der Waals surface area contributed by atoms with Gasteiger partial charge in [0.25, 0.3) is 0 Å².